The predicted octanol–water partition coefficient (Wildman–Crippen LogP) is 2.83. The van der Waals surface area contributed by atoms with Crippen molar-refractivity contribution in [1.29, 1.82) is 0 Å². The van der Waals surface area contributed by atoms with Crippen molar-refractivity contribution in [1.82, 2.24) is 15.2 Å². The van der Waals surface area contributed by atoms with Crippen LogP contribution >= 0.6 is 11.3 Å². The lowest BCUT2D eigenvalue weighted by Crippen LogP contribution is -2.51. The SMILES string of the molecule is CC(=O)c1ccc(N2CCN(C(=O)NCc3csc(C)n3)CC2)c(F)c1. The van der Waals surface area contributed by atoms with Crippen molar-refractivity contribution in [3.05, 3.63) is 45.7 Å². The molecule has 0 radical (unpaired) electrons. The molecular formula is C18H21FN4O2S. The molecule has 1 saturated heterocycles. The van der Waals surface area contributed by atoms with Gasteiger partial charge in [0, 0.05) is 37.1 Å². The number of carbonyl (C=O) groups is 2. The van der Waals surface area contributed by atoms with E-state index in [2.05, 4.69) is 10.3 Å². The number of nitrogens with zero attached hydrogens (tertiary/aromatic N) is 3. The maximum absolute atomic E-state index is 14.3. The molecule has 1 aromatic carbocycles. The van der Waals surface area contributed by atoms with Gasteiger partial charge in [-0.2, -0.15) is 0 Å². The summed E-state index contributed by atoms with van der Waals surface area (Å²) in [6, 6.07) is 4.40. The number of thiazole rings is 1. The van der Waals surface area contributed by atoms with Crippen LogP contribution in [0.5, 0.6) is 0 Å². The number of Topliss-reactive ketones (excluding diaryl/α,β-unsaturated/α-hetero) is 1. The third kappa shape index (κ3) is 4.19. The summed E-state index contributed by atoms with van der Waals surface area (Å²) >= 11 is 1.55. The highest BCUT2D eigenvalue weighted by molar-refractivity contribution is 7.09. The van der Waals surface area contributed by atoms with Crippen LogP contribution in [0.4, 0.5) is 14.9 Å². The van der Waals surface area contributed by atoms with Crippen molar-refractivity contribution in [3.8, 4) is 0 Å². The number of piperazine rings is 1. The quantitative estimate of drug-likeness (QED) is 0.834. The summed E-state index contributed by atoms with van der Waals surface area (Å²) in [5, 5.41) is 5.77. The predicted molar refractivity (Wildman–Crippen MR) is 99.3 cm³/mol. The normalized spacial score (nSPS) is 14.4. The number of benzene rings is 1. The summed E-state index contributed by atoms with van der Waals surface area (Å²) < 4.78 is 14.3. The molecule has 26 heavy (non-hydrogen) atoms. The molecule has 1 aliphatic rings. The van der Waals surface area contributed by atoms with Gasteiger partial charge in [-0.3, -0.25) is 4.79 Å². The second-order valence-corrected chi connectivity index (χ2v) is 7.28. The van der Waals surface area contributed by atoms with E-state index in [1.165, 1.54) is 13.0 Å². The van der Waals surface area contributed by atoms with E-state index >= 15 is 0 Å². The molecule has 0 bridgehead atoms. The number of hydrogen-bond donors (Lipinski definition) is 1. The maximum atomic E-state index is 14.3. The minimum absolute atomic E-state index is 0.136. The first-order valence-corrected chi connectivity index (χ1v) is 9.31. The Kier molecular flexibility index (Phi) is 5.51. The van der Waals surface area contributed by atoms with Crippen LogP contribution < -0.4 is 10.2 Å². The van der Waals surface area contributed by atoms with Crippen molar-refractivity contribution < 1.29 is 14.0 Å². The monoisotopic (exact) mass is 376 g/mol. The van der Waals surface area contributed by atoms with E-state index in [1.54, 1.807) is 28.4 Å². The van der Waals surface area contributed by atoms with Gasteiger partial charge in [0.15, 0.2) is 5.78 Å². The summed E-state index contributed by atoms with van der Waals surface area (Å²) in [6.45, 7) is 5.85. The summed E-state index contributed by atoms with van der Waals surface area (Å²) in [7, 11) is 0. The fourth-order valence-electron chi connectivity index (χ4n) is 2.90. The molecule has 1 N–H and O–H groups in total. The van der Waals surface area contributed by atoms with Crippen LogP contribution in [0.3, 0.4) is 0 Å². The molecule has 1 aromatic heterocycles. The van der Waals surface area contributed by atoms with E-state index in [0.717, 1.165) is 10.7 Å². The number of urea groups is 1. The van der Waals surface area contributed by atoms with Crippen LogP contribution in [0.15, 0.2) is 23.6 Å². The second kappa shape index (κ2) is 7.82. The highest BCUT2D eigenvalue weighted by Crippen LogP contribution is 2.22. The van der Waals surface area contributed by atoms with Gasteiger partial charge in [0.25, 0.3) is 0 Å². The first kappa shape index (κ1) is 18.3. The van der Waals surface area contributed by atoms with E-state index < -0.39 is 5.82 Å². The van der Waals surface area contributed by atoms with Gasteiger partial charge >= 0.3 is 6.03 Å². The summed E-state index contributed by atoms with van der Waals surface area (Å²) in [5.74, 6) is -0.568. The summed E-state index contributed by atoms with van der Waals surface area (Å²) in [4.78, 5) is 31.5. The minimum Gasteiger partial charge on any atom is -0.366 e. The molecule has 0 saturated carbocycles. The highest BCUT2D eigenvalue weighted by Gasteiger charge is 2.23. The fourth-order valence-corrected chi connectivity index (χ4v) is 3.51. The number of nitrogens with one attached hydrogen (secondary N) is 1. The number of carbonyl (C=O) groups excluding carboxylic acids is 2. The second-order valence-electron chi connectivity index (χ2n) is 6.21. The van der Waals surface area contributed by atoms with E-state index in [9.17, 15) is 14.0 Å². The van der Waals surface area contributed by atoms with E-state index in [-0.39, 0.29) is 11.8 Å². The lowest BCUT2D eigenvalue weighted by atomic mass is 10.1. The Balaban J connectivity index is 1.53. The lowest BCUT2D eigenvalue weighted by molar-refractivity contribution is 0.101. The van der Waals surface area contributed by atoms with Gasteiger partial charge in [-0.15, -0.1) is 11.3 Å². The number of anilines is 1. The van der Waals surface area contributed by atoms with E-state index in [1.807, 2.05) is 17.2 Å². The number of rotatable bonds is 4. The van der Waals surface area contributed by atoms with Crippen LogP contribution in [0.2, 0.25) is 0 Å². The van der Waals surface area contributed by atoms with Gasteiger partial charge < -0.3 is 15.1 Å². The zero-order chi connectivity index (χ0) is 18.7. The smallest absolute Gasteiger partial charge is 0.317 e. The Morgan fingerprint density at radius 1 is 1.27 bits per heavy atom. The largest absolute Gasteiger partial charge is 0.366 e. The Labute approximate surface area is 155 Å². The number of halogens is 1. The van der Waals surface area contributed by atoms with Crippen LogP contribution in [-0.2, 0) is 6.54 Å². The standard InChI is InChI=1S/C18H21FN4O2S/c1-12(24)14-3-4-17(16(19)9-14)22-5-7-23(8-6-22)18(25)20-10-15-11-26-13(2)21-15/h3-4,9,11H,5-8,10H2,1-2H3,(H,20,25). The number of ketones is 1. The average molecular weight is 376 g/mol. The third-order valence-corrected chi connectivity index (χ3v) is 5.17. The molecule has 6 nitrogen and oxygen atoms in total. The molecule has 2 amide bonds. The van der Waals surface area contributed by atoms with Crippen LogP contribution in [0.25, 0.3) is 0 Å². The molecule has 138 valence electrons. The number of hydrogen-bond acceptors (Lipinski definition) is 5. The molecule has 2 heterocycles. The van der Waals surface area contributed by atoms with Crippen LogP contribution in [0.1, 0.15) is 28.0 Å². The lowest BCUT2D eigenvalue weighted by Gasteiger charge is -2.36. The molecule has 2 aromatic rings. The Bertz CT molecular complexity index is 815. The molecule has 0 spiro atoms. The number of aryl methyl sites for hydroxylation is 1. The van der Waals surface area contributed by atoms with Crippen molar-refractivity contribution in [3.63, 3.8) is 0 Å². The number of amides is 2. The Morgan fingerprint density at radius 3 is 2.58 bits per heavy atom. The molecule has 3 rings (SSSR count). The van der Waals surface area contributed by atoms with E-state index in [4.69, 9.17) is 0 Å². The van der Waals surface area contributed by atoms with Gasteiger partial charge in [-0.1, -0.05) is 0 Å². The fraction of sp³-hybridized carbons (Fsp3) is 0.389. The topological polar surface area (TPSA) is 65.5 Å². The number of aromatic nitrogens is 1. The maximum Gasteiger partial charge on any atom is 0.317 e. The van der Waals surface area contributed by atoms with Crippen LogP contribution in [-0.4, -0.2) is 47.9 Å². The molecule has 0 aliphatic carbocycles. The molecule has 1 aliphatic heterocycles. The first-order chi connectivity index (χ1) is 12.4. The third-order valence-electron chi connectivity index (χ3n) is 4.35. The molecule has 8 heteroatoms. The molecule has 1 fully saturated rings. The minimum atomic E-state index is -0.408. The molecular weight excluding hydrogens is 355 g/mol. The van der Waals surface area contributed by atoms with Crippen molar-refractivity contribution in [2.24, 2.45) is 0 Å². The van der Waals surface area contributed by atoms with Crippen molar-refractivity contribution in [2.75, 3.05) is 31.1 Å². The highest BCUT2D eigenvalue weighted by atomic mass is 32.1. The van der Waals surface area contributed by atoms with Crippen LogP contribution in [0, 0.1) is 12.7 Å². The van der Waals surface area contributed by atoms with Gasteiger partial charge in [0.05, 0.1) is 22.9 Å². The molecule has 0 atom stereocenters. The summed E-state index contributed by atoms with van der Waals surface area (Å²) in [6.07, 6.45) is 0. The van der Waals surface area contributed by atoms with Crippen molar-refractivity contribution in [2.45, 2.75) is 20.4 Å². The zero-order valence-corrected chi connectivity index (χ0v) is 15.6. The average Bonchev–Trinajstić information content (AvgIpc) is 3.05. The molecule has 0 unspecified atom stereocenters. The van der Waals surface area contributed by atoms with E-state index in [0.29, 0.717) is 44.0 Å². The van der Waals surface area contributed by atoms with Gasteiger partial charge in [0.2, 0.25) is 0 Å². The summed E-state index contributed by atoms with van der Waals surface area (Å²) in [5.41, 5.74) is 1.68. The van der Waals surface area contributed by atoms with Gasteiger partial charge in [-0.25, -0.2) is 14.2 Å². The van der Waals surface area contributed by atoms with Crippen molar-refractivity contribution >= 4 is 28.8 Å². The van der Waals surface area contributed by atoms with Gasteiger partial charge in [-0.05, 0) is 32.0 Å². The Morgan fingerprint density at radius 2 is 2.00 bits per heavy atom. The van der Waals surface area contributed by atoms with Gasteiger partial charge in [0.1, 0.15) is 5.82 Å². The Hall–Kier alpha value is -2.48. The first-order valence-electron chi connectivity index (χ1n) is 8.43. The zero-order valence-electron chi connectivity index (χ0n) is 14.8.